The van der Waals surface area contributed by atoms with Gasteiger partial charge in [-0.2, -0.15) is 0 Å². The van der Waals surface area contributed by atoms with Crippen molar-refractivity contribution in [2.24, 2.45) is 0 Å². The second-order valence-electron chi connectivity index (χ2n) is 5.01. The van der Waals surface area contributed by atoms with Gasteiger partial charge in [-0.15, -0.1) is 0 Å². The number of nitrogens with zero attached hydrogens (tertiary/aromatic N) is 2. The number of likely N-dealkylation sites (N-methyl/N-ethyl adjacent to an activating group) is 1. The van der Waals surface area contributed by atoms with Gasteiger partial charge in [0.25, 0.3) is 5.91 Å². The Labute approximate surface area is 115 Å². The van der Waals surface area contributed by atoms with E-state index in [9.17, 15) is 4.79 Å². The third kappa shape index (κ3) is 5.26. The summed E-state index contributed by atoms with van der Waals surface area (Å²) >= 11 is 0. The van der Waals surface area contributed by atoms with Crippen LogP contribution in [0.5, 0.6) is 5.75 Å². The molecule has 0 atom stereocenters. The number of aromatic nitrogens is 1. The Morgan fingerprint density at radius 3 is 2.68 bits per heavy atom. The average molecular weight is 265 g/mol. The predicted molar refractivity (Wildman–Crippen MR) is 75.1 cm³/mol. The highest BCUT2D eigenvalue weighted by Crippen LogP contribution is 2.17. The Kier molecular flexibility index (Phi) is 5.76. The molecule has 0 aliphatic heterocycles. The molecule has 5 heteroatoms. The van der Waals surface area contributed by atoms with Crippen LogP contribution in [0.1, 0.15) is 25.2 Å². The molecule has 1 heterocycles. The summed E-state index contributed by atoms with van der Waals surface area (Å²) in [6.07, 6.45) is 0. The van der Waals surface area contributed by atoms with E-state index >= 15 is 0 Å². The molecule has 1 N–H and O–H groups in total. The highest BCUT2D eigenvalue weighted by molar-refractivity contribution is 5.77. The van der Waals surface area contributed by atoms with E-state index in [0.29, 0.717) is 18.3 Å². The quantitative estimate of drug-likeness (QED) is 0.843. The Morgan fingerprint density at radius 1 is 1.42 bits per heavy atom. The molecule has 1 aromatic heterocycles. The van der Waals surface area contributed by atoms with Crippen molar-refractivity contribution in [3.8, 4) is 5.75 Å². The first kappa shape index (κ1) is 15.4. The van der Waals surface area contributed by atoms with Gasteiger partial charge in [-0.3, -0.25) is 9.78 Å². The summed E-state index contributed by atoms with van der Waals surface area (Å²) in [6, 6.07) is 4.12. The molecule has 0 bridgehead atoms. The van der Waals surface area contributed by atoms with Gasteiger partial charge in [0.15, 0.2) is 6.61 Å². The number of carbonyl (C=O) groups is 1. The molecule has 0 fully saturated rings. The van der Waals surface area contributed by atoms with Crippen molar-refractivity contribution in [2.75, 3.05) is 20.7 Å². The van der Waals surface area contributed by atoms with Gasteiger partial charge in [-0.1, -0.05) is 13.8 Å². The maximum absolute atomic E-state index is 11.5. The van der Waals surface area contributed by atoms with Gasteiger partial charge in [0.1, 0.15) is 5.75 Å². The molecule has 0 aromatic carbocycles. The fraction of sp³-hybridized carbons (Fsp3) is 0.571. The van der Waals surface area contributed by atoms with E-state index in [1.807, 2.05) is 19.1 Å². The lowest BCUT2D eigenvalue weighted by Crippen LogP contribution is -2.28. The minimum absolute atomic E-state index is 0.0341. The number of amides is 1. The second kappa shape index (κ2) is 7.09. The SMILES string of the molecule is Cc1ccc(OCC(=O)N(C)C)c(CNC(C)C)n1. The van der Waals surface area contributed by atoms with Crippen molar-refractivity contribution in [1.82, 2.24) is 15.2 Å². The van der Waals surface area contributed by atoms with Crippen molar-refractivity contribution in [3.63, 3.8) is 0 Å². The lowest BCUT2D eigenvalue weighted by atomic mass is 10.2. The van der Waals surface area contributed by atoms with Gasteiger partial charge >= 0.3 is 0 Å². The molecule has 0 unspecified atom stereocenters. The van der Waals surface area contributed by atoms with Crippen LogP contribution < -0.4 is 10.1 Å². The summed E-state index contributed by atoms with van der Waals surface area (Å²) in [7, 11) is 3.42. The molecular weight excluding hydrogens is 242 g/mol. The van der Waals surface area contributed by atoms with E-state index in [0.717, 1.165) is 11.4 Å². The van der Waals surface area contributed by atoms with E-state index in [4.69, 9.17) is 4.74 Å². The topological polar surface area (TPSA) is 54.5 Å². The zero-order chi connectivity index (χ0) is 14.4. The molecule has 0 saturated heterocycles. The highest BCUT2D eigenvalue weighted by atomic mass is 16.5. The van der Waals surface area contributed by atoms with Crippen molar-refractivity contribution in [2.45, 2.75) is 33.4 Å². The first-order valence-electron chi connectivity index (χ1n) is 6.43. The van der Waals surface area contributed by atoms with Gasteiger partial charge in [0.2, 0.25) is 0 Å². The van der Waals surface area contributed by atoms with E-state index < -0.39 is 0 Å². The van der Waals surface area contributed by atoms with Gasteiger partial charge in [0, 0.05) is 32.4 Å². The standard InChI is InChI=1S/C14H23N3O2/c1-10(2)15-8-12-13(7-6-11(3)16-12)19-9-14(18)17(4)5/h6-7,10,15H,8-9H2,1-5H3. The monoisotopic (exact) mass is 265 g/mol. The average Bonchev–Trinajstić information content (AvgIpc) is 2.34. The molecule has 0 radical (unpaired) electrons. The smallest absolute Gasteiger partial charge is 0.259 e. The minimum Gasteiger partial charge on any atom is -0.482 e. The van der Waals surface area contributed by atoms with Gasteiger partial charge in [-0.05, 0) is 19.1 Å². The lowest BCUT2D eigenvalue weighted by Gasteiger charge is -2.15. The van der Waals surface area contributed by atoms with Gasteiger partial charge in [-0.25, -0.2) is 0 Å². The molecule has 5 nitrogen and oxygen atoms in total. The summed E-state index contributed by atoms with van der Waals surface area (Å²) in [6.45, 7) is 6.75. The summed E-state index contributed by atoms with van der Waals surface area (Å²) in [5.74, 6) is 0.595. The number of ether oxygens (including phenoxy) is 1. The van der Waals surface area contributed by atoms with Crippen molar-refractivity contribution < 1.29 is 9.53 Å². The lowest BCUT2D eigenvalue weighted by molar-refractivity contribution is -0.130. The molecule has 0 spiro atoms. The number of rotatable bonds is 6. The maximum atomic E-state index is 11.5. The van der Waals surface area contributed by atoms with Gasteiger partial charge in [0.05, 0.1) is 5.69 Å². The van der Waals surface area contributed by atoms with Crippen LogP contribution in [0, 0.1) is 6.92 Å². The third-order valence-electron chi connectivity index (χ3n) is 2.60. The van der Waals surface area contributed by atoms with Crippen LogP contribution in [-0.2, 0) is 11.3 Å². The van der Waals surface area contributed by atoms with Crippen LogP contribution in [0.25, 0.3) is 0 Å². The maximum Gasteiger partial charge on any atom is 0.259 e. The number of nitrogens with one attached hydrogen (secondary N) is 1. The Bertz CT molecular complexity index is 431. The summed E-state index contributed by atoms with van der Waals surface area (Å²) in [5, 5.41) is 3.30. The Morgan fingerprint density at radius 2 is 2.11 bits per heavy atom. The van der Waals surface area contributed by atoms with Crippen LogP contribution in [0.3, 0.4) is 0 Å². The molecule has 1 rings (SSSR count). The van der Waals surface area contributed by atoms with E-state index in [2.05, 4.69) is 24.1 Å². The van der Waals surface area contributed by atoms with E-state index in [-0.39, 0.29) is 12.5 Å². The summed E-state index contributed by atoms with van der Waals surface area (Å²) < 4.78 is 5.55. The third-order valence-corrected chi connectivity index (χ3v) is 2.60. The van der Waals surface area contributed by atoms with Crippen LogP contribution in [0.2, 0.25) is 0 Å². The fourth-order valence-electron chi connectivity index (χ4n) is 1.43. The number of hydrogen-bond acceptors (Lipinski definition) is 4. The molecule has 1 amide bonds. The molecule has 0 aliphatic rings. The second-order valence-corrected chi connectivity index (χ2v) is 5.01. The largest absolute Gasteiger partial charge is 0.482 e. The van der Waals surface area contributed by atoms with E-state index in [1.54, 1.807) is 14.1 Å². The van der Waals surface area contributed by atoms with Crippen LogP contribution in [0.15, 0.2) is 12.1 Å². The first-order valence-corrected chi connectivity index (χ1v) is 6.43. The number of carbonyl (C=O) groups excluding carboxylic acids is 1. The van der Waals surface area contributed by atoms with Crippen molar-refractivity contribution in [1.29, 1.82) is 0 Å². The van der Waals surface area contributed by atoms with Crippen molar-refractivity contribution >= 4 is 5.91 Å². The van der Waals surface area contributed by atoms with Crippen LogP contribution in [0.4, 0.5) is 0 Å². The highest BCUT2D eigenvalue weighted by Gasteiger charge is 2.10. The van der Waals surface area contributed by atoms with Crippen LogP contribution >= 0.6 is 0 Å². The molecule has 0 aliphatic carbocycles. The zero-order valence-corrected chi connectivity index (χ0v) is 12.4. The summed E-state index contributed by atoms with van der Waals surface area (Å²) in [4.78, 5) is 17.5. The molecule has 106 valence electrons. The molecule has 0 saturated carbocycles. The number of hydrogen-bond donors (Lipinski definition) is 1. The van der Waals surface area contributed by atoms with Crippen molar-refractivity contribution in [3.05, 3.63) is 23.5 Å². The molecule has 19 heavy (non-hydrogen) atoms. The number of pyridine rings is 1. The fourth-order valence-corrected chi connectivity index (χ4v) is 1.43. The molecular formula is C14H23N3O2. The minimum atomic E-state index is -0.0663. The normalized spacial score (nSPS) is 10.6. The Balaban J connectivity index is 2.73. The summed E-state index contributed by atoms with van der Waals surface area (Å²) in [5.41, 5.74) is 1.77. The van der Waals surface area contributed by atoms with Crippen LogP contribution in [-0.4, -0.2) is 42.5 Å². The van der Waals surface area contributed by atoms with Gasteiger partial charge < -0.3 is 15.0 Å². The molecule has 1 aromatic rings. The first-order chi connectivity index (χ1) is 8.90. The van der Waals surface area contributed by atoms with E-state index in [1.165, 1.54) is 4.90 Å². The zero-order valence-electron chi connectivity index (χ0n) is 12.4. The Hall–Kier alpha value is -1.62. The number of aryl methyl sites for hydroxylation is 1. The predicted octanol–water partition coefficient (Wildman–Crippen LogP) is 1.36.